The first-order chi connectivity index (χ1) is 17.0. The Hall–Kier alpha value is -3.81. The average molecular weight is 506 g/mol. The van der Waals surface area contributed by atoms with Crippen molar-refractivity contribution in [2.75, 3.05) is 10.6 Å². The predicted octanol–water partition coefficient (Wildman–Crippen LogP) is 6.09. The first-order valence-electron chi connectivity index (χ1n) is 10.9. The molecule has 2 N–H and O–H groups in total. The van der Waals surface area contributed by atoms with Crippen LogP contribution in [0.1, 0.15) is 24.1 Å². The lowest BCUT2D eigenvalue weighted by Crippen LogP contribution is -2.31. The highest BCUT2D eigenvalue weighted by Gasteiger charge is 2.33. The molecule has 0 saturated heterocycles. The van der Waals surface area contributed by atoms with Crippen LogP contribution in [-0.2, 0) is 11.4 Å². The highest BCUT2D eigenvalue weighted by molar-refractivity contribution is 6.35. The third-order valence-electron chi connectivity index (χ3n) is 5.68. The number of amides is 1. The number of hydrogen-bond donors (Lipinski definition) is 2. The SMILES string of the molecule is CC1=C(C(=O)Nc2ccccc2)C(c2ccc(OCc3ccc(Cl)cc3Cl)cc2)n2ncnc2N1. The molecule has 0 bridgehead atoms. The fraction of sp³-hybridized carbons (Fsp3) is 0.115. The van der Waals surface area contributed by atoms with Gasteiger partial charge >= 0.3 is 0 Å². The Balaban J connectivity index is 1.40. The predicted molar refractivity (Wildman–Crippen MR) is 137 cm³/mol. The smallest absolute Gasteiger partial charge is 0.255 e. The maximum atomic E-state index is 13.4. The third kappa shape index (κ3) is 4.87. The van der Waals surface area contributed by atoms with E-state index in [1.165, 1.54) is 6.33 Å². The normalized spacial score (nSPS) is 14.8. The number of nitrogens with zero attached hydrogens (tertiary/aromatic N) is 3. The molecule has 5 rings (SSSR count). The summed E-state index contributed by atoms with van der Waals surface area (Å²) in [6.07, 6.45) is 1.47. The zero-order valence-electron chi connectivity index (χ0n) is 18.7. The van der Waals surface area contributed by atoms with E-state index in [0.29, 0.717) is 45.3 Å². The lowest BCUT2D eigenvalue weighted by molar-refractivity contribution is -0.113. The van der Waals surface area contributed by atoms with Gasteiger partial charge in [-0.25, -0.2) is 4.68 Å². The Kier molecular flexibility index (Phi) is 6.44. The molecule has 2 heterocycles. The second kappa shape index (κ2) is 9.82. The molecule has 0 aliphatic carbocycles. The van der Waals surface area contributed by atoms with Crippen LogP contribution in [0.3, 0.4) is 0 Å². The van der Waals surface area contributed by atoms with Gasteiger partial charge in [0.25, 0.3) is 5.91 Å². The number of allylic oxidation sites excluding steroid dienone is 1. The van der Waals surface area contributed by atoms with E-state index in [0.717, 1.165) is 11.1 Å². The first kappa shape index (κ1) is 23.0. The molecule has 35 heavy (non-hydrogen) atoms. The highest BCUT2D eigenvalue weighted by atomic mass is 35.5. The van der Waals surface area contributed by atoms with Crippen LogP contribution in [0, 0.1) is 0 Å². The summed E-state index contributed by atoms with van der Waals surface area (Å²) in [5.74, 6) is 1.02. The van der Waals surface area contributed by atoms with Crippen molar-refractivity contribution in [3.63, 3.8) is 0 Å². The van der Waals surface area contributed by atoms with E-state index in [1.54, 1.807) is 16.8 Å². The van der Waals surface area contributed by atoms with Crippen molar-refractivity contribution in [1.29, 1.82) is 0 Å². The minimum Gasteiger partial charge on any atom is -0.489 e. The van der Waals surface area contributed by atoms with Crippen LogP contribution in [0.15, 0.2) is 90.4 Å². The van der Waals surface area contributed by atoms with Crippen molar-refractivity contribution >= 4 is 40.7 Å². The minimum absolute atomic E-state index is 0.218. The monoisotopic (exact) mass is 505 g/mol. The molecule has 1 atom stereocenters. The lowest BCUT2D eigenvalue weighted by atomic mass is 9.95. The van der Waals surface area contributed by atoms with Crippen molar-refractivity contribution in [2.45, 2.75) is 19.6 Å². The summed E-state index contributed by atoms with van der Waals surface area (Å²) < 4.78 is 7.62. The van der Waals surface area contributed by atoms with Gasteiger partial charge in [0.2, 0.25) is 5.95 Å². The summed E-state index contributed by atoms with van der Waals surface area (Å²) >= 11 is 12.2. The van der Waals surface area contributed by atoms with Crippen molar-refractivity contribution < 1.29 is 9.53 Å². The van der Waals surface area contributed by atoms with E-state index in [-0.39, 0.29) is 5.91 Å². The molecule has 0 fully saturated rings. The second-order valence-corrected chi connectivity index (χ2v) is 8.85. The van der Waals surface area contributed by atoms with Gasteiger partial charge in [-0.1, -0.05) is 59.6 Å². The van der Waals surface area contributed by atoms with Crippen molar-refractivity contribution in [1.82, 2.24) is 14.8 Å². The Bertz CT molecular complexity index is 1400. The Labute approximate surface area is 212 Å². The molecule has 9 heteroatoms. The minimum atomic E-state index is -0.461. The number of fused-ring (bicyclic) bond motifs is 1. The van der Waals surface area contributed by atoms with E-state index in [4.69, 9.17) is 27.9 Å². The number of anilines is 2. The molecule has 1 unspecified atom stereocenters. The van der Waals surface area contributed by atoms with Crippen LogP contribution in [0.2, 0.25) is 10.0 Å². The number of carbonyl (C=O) groups excluding carboxylic acids is 1. The first-order valence-corrected chi connectivity index (χ1v) is 11.7. The fourth-order valence-electron chi connectivity index (χ4n) is 3.96. The van der Waals surface area contributed by atoms with Crippen molar-refractivity contribution in [3.05, 3.63) is 112 Å². The topological polar surface area (TPSA) is 81.1 Å². The molecular weight excluding hydrogens is 485 g/mol. The van der Waals surface area contributed by atoms with Gasteiger partial charge in [-0.15, -0.1) is 0 Å². The fourth-order valence-corrected chi connectivity index (χ4v) is 4.42. The Morgan fingerprint density at radius 3 is 2.60 bits per heavy atom. The summed E-state index contributed by atoms with van der Waals surface area (Å²) in [7, 11) is 0. The Morgan fingerprint density at radius 2 is 1.86 bits per heavy atom. The van der Waals surface area contributed by atoms with Gasteiger partial charge < -0.3 is 15.4 Å². The van der Waals surface area contributed by atoms with E-state index < -0.39 is 6.04 Å². The molecule has 4 aromatic rings. The third-order valence-corrected chi connectivity index (χ3v) is 6.26. The van der Waals surface area contributed by atoms with Gasteiger partial charge in [-0.05, 0) is 48.9 Å². The quantitative estimate of drug-likeness (QED) is 0.331. The maximum absolute atomic E-state index is 13.4. The van der Waals surface area contributed by atoms with Gasteiger partial charge in [-0.2, -0.15) is 10.1 Å². The van der Waals surface area contributed by atoms with Crippen molar-refractivity contribution in [3.8, 4) is 5.75 Å². The summed E-state index contributed by atoms with van der Waals surface area (Å²) in [6.45, 7) is 2.16. The molecule has 0 spiro atoms. The number of hydrogen-bond acceptors (Lipinski definition) is 5. The lowest BCUT2D eigenvalue weighted by Gasteiger charge is -2.28. The standard InChI is InChI=1S/C26H21Cl2N5O2/c1-16-23(25(34)32-20-5-3-2-4-6-20)24(33-26(31-16)29-15-30-33)17-8-11-21(12-9-17)35-14-18-7-10-19(27)13-22(18)28/h2-13,15,24H,14H2,1H3,(H,32,34)(H,29,30,31). The van der Waals surface area contributed by atoms with Crippen LogP contribution in [0.5, 0.6) is 5.75 Å². The van der Waals surface area contributed by atoms with Gasteiger partial charge in [-0.3, -0.25) is 4.79 Å². The van der Waals surface area contributed by atoms with Gasteiger partial charge in [0.1, 0.15) is 24.7 Å². The highest BCUT2D eigenvalue weighted by Crippen LogP contribution is 2.36. The molecular formula is C26H21Cl2N5O2. The van der Waals surface area contributed by atoms with Gasteiger partial charge in [0.05, 0.1) is 5.57 Å². The van der Waals surface area contributed by atoms with Crippen LogP contribution >= 0.6 is 23.2 Å². The van der Waals surface area contributed by atoms with E-state index in [2.05, 4.69) is 20.7 Å². The number of ether oxygens (including phenoxy) is 1. The number of aromatic nitrogens is 3. The number of carbonyl (C=O) groups is 1. The molecule has 176 valence electrons. The molecule has 1 aliphatic rings. The molecule has 1 aromatic heterocycles. The second-order valence-electron chi connectivity index (χ2n) is 8.01. The summed E-state index contributed by atoms with van der Waals surface area (Å²) in [5, 5.41) is 11.7. The molecule has 1 aliphatic heterocycles. The van der Waals surface area contributed by atoms with E-state index >= 15 is 0 Å². The molecule has 0 radical (unpaired) electrons. The summed E-state index contributed by atoms with van der Waals surface area (Å²) in [5.41, 5.74) is 3.68. The molecule has 0 saturated carbocycles. The summed E-state index contributed by atoms with van der Waals surface area (Å²) in [6, 6.07) is 21.7. The number of para-hydroxylation sites is 1. The number of nitrogens with one attached hydrogen (secondary N) is 2. The van der Waals surface area contributed by atoms with E-state index in [9.17, 15) is 4.79 Å². The Morgan fingerprint density at radius 1 is 1.09 bits per heavy atom. The zero-order chi connectivity index (χ0) is 24.4. The molecule has 7 nitrogen and oxygen atoms in total. The number of halogens is 2. The molecule has 3 aromatic carbocycles. The van der Waals surface area contributed by atoms with Crippen LogP contribution < -0.4 is 15.4 Å². The van der Waals surface area contributed by atoms with Crippen LogP contribution in [0.4, 0.5) is 11.6 Å². The van der Waals surface area contributed by atoms with E-state index in [1.807, 2.05) is 67.6 Å². The van der Waals surface area contributed by atoms with Gasteiger partial charge in [0.15, 0.2) is 0 Å². The van der Waals surface area contributed by atoms with Crippen molar-refractivity contribution in [2.24, 2.45) is 0 Å². The zero-order valence-corrected chi connectivity index (χ0v) is 20.2. The average Bonchev–Trinajstić information content (AvgIpc) is 3.31. The van der Waals surface area contributed by atoms with Crippen LogP contribution in [0.25, 0.3) is 0 Å². The maximum Gasteiger partial charge on any atom is 0.255 e. The largest absolute Gasteiger partial charge is 0.489 e. The summed E-state index contributed by atoms with van der Waals surface area (Å²) in [4.78, 5) is 17.6. The number of benzene rings is 3. The number of rotatable bonds is 6. The molecule has 1 amide bonds. The van der Waals surface area contributed by atoms with Crippen LogP contribution in [-0.4, -0.2) is 20.7 Å². The van der Waals surface area contributed by atoms with Gasteiger partial charge in [0, 0.05) is 27.0 Å².